The summed E-state index contributed by atoms with van der Waals surface area (Å²) in [6.45, 7) is 1.99. The fourth-order valence-corrected chi connectivity index (χ4v) is 1.59. The number of phosphoric ester groups is 2. The lowest BCUT2D eigenvalue weighted by molar-refractivity contribution is -0.106. The maximum absolute atomic E-state index is 10.9. The van der Waals surface area contributed by atoms with Gasteiger partial charge in [0.2, 0.25) is 12.6 Å². The third kappa shape index (κ3) is 10.6. The second-order valence-corrected chi connectivity index (χ2v) is 5.20. The summed E-state index contributed by atoms with van der Waals surface area (Å²) >= 11 is 0. The van der Waals surface area contributed by atoms with Crippen LogP contribution in [0.5, 0.6) is 0 Å². The molecule has 0 aromatic heterocycles. The zero-order valence-electron chi connectivity index (χ0n) is 9.20. The smallest absolute Gasteiger partial charge is 0.404 e. The number of phosphoric acid groups is 2. The van der Waals surface area contributed by atoms with Crippen LogP contribution in [0.15, 0.2) is 0 Å². The highest BCUT2D eigenvalue weighted by molar-refractivity contribution is 7.46. The van der Waals surface area contributed by atoms with Crippen molar-refractivity contribution in [1.29, 1.82) is 0 Å². The van der Waals surface area contributed by atoms with E-state index in [0.29, 0.717) is 0 Å². The van der Waals surface area contributed by atoms with Crippen LogP contribution in [0, 0.1) is 0 Å². The van der Waals surface area contributed by atoms with Gasteiger partial charge in [0.25, 0.3) is 0 Å². The van der Waals surface area contributed by atoms with Crippen molar-refractivity contribution in [3.05, 3.63) is 0 Å². The summed E-state index contributed by atoms with van der Waals surface area (Å²) in [6, 6.07) is 0. The molecule has 13 heteroatoms. The molecule has 0 heterocycles. The highest BCUT2D eigenvalue weighted by Crippen LogP contribution is 2.38. The normalized spacial score (nSPS) is 15.9. The van der Waals surface area contributed by atoms with Gasteiger partial charge in [-0.2, -0.15) is 0 Å². The molecular formula is C5H12O11P2. The molecule has 2 unspecified atom stereocenters. The molecule has 2 atom stereocenters. The van der Waals surface area contributed by atoms with E-state index >= 15 is 0 Å². The Bertz CT molecular complexity index is 334. The largest absolute Gasteiger partial charge is 0.512 e. The molecule has 0 aliphatic rings. The van der Waals surface area contributed by atoms with Crippen molar-refractivity contribution in [2.75, 3.05) is 0 Å². The minimum Gasteiger partial charge on any atom is -0.404 e. The van der Waals surface area contributed by atoms with Gasteiger partial charge in [0.05, 0.1) is 0 Å². The maximum atomic E-state index is 10.9. The molecule has 0 amide bonds. The topological polar surface area (TPSA) is 169 Å². The molecule has 0 aliphatic heterocycles. The van der Waals surface area contributed by atoms with Crippen molar-refractivity contribution in [1.82, 2.24) is 0 Å². The Hall–Kier alpha value is -0.510. The lowest BCUT2D eigenvalue weighted by Crippen LogP contribution is -2.22. The van der Waals surface area contributed by atoms with Crippen LogP contribution in [-0.4, -0.2) is 38.3 Å². The van der Waals surface area contributed by atoms with E-state index < -0.39 is 34.4 Å². The van der Waals surface area contributed by atoms with Gasteiger partial charge in [-0.25, -0.2) is 23.0 Å². The van der Waals surface area contributed by atoms with Crippen molar-refractivity contribution >= 4 is 21.8 Å². The lowest BCUT2D eigenvalue weighted by atomic mass is 10.7. The minimum absolute atomic E-state index is 0.995. The van der Waals surface area contributed by atoms with Gasteiger partial charge >= 0.3 is 21.8 Å². The van der Waals surface area contributed by atoms with Gasteiger partial charge in [-0.05, 0) is 13.8 Å². The number of carbonyl (C=O) groups excluding carboxylic acids is 1. The SMILES string of the molecule is CC(OC(=O)OC(C)OP(=O)(O)O)OP(=O)(O)O. The van der Waals surface area contributed by atoms with Gasteiger partial charge in [0.15, 0.2) is 0 Å². The van der Waals surface area contributed by atoms with E-state index in [1.807, 2.05) is 0 Å². The van der Waals surface area contributed by atoms with Crippen LogP contribution in [-0.2, 0) is 27.7 Å². The quantitative estimate of drug-likeness (QED) is 0.297. The first kappa shape index (κ1) is 17.5. The molecule has 0 rings (SSSR count). The summed E-state index contributed by atoms with van der Waals surface area (Å²) in [6.07, 6.45) is -4.74. The molecule has 0 saturated carbocycles. The first-order valence-electron chi connectivity index (χ1n) is 4.24. The number of hydrogen-bond donors (Lipinski definition) is 4. The second kappa shape index (κ2) is 6.60. The summed E-state index contributed by atoms with van der Waals surface area (Å²) in [7, 11) is -9.67. The second-order valence-electron chi connectivity index (χ2n) is 2.81. The van der Waals surface area contributed by atoms with Crippen LogP contribution >= 0.6 is 15.6 Å². The highest BCUT2D eigenvalue weighted by Gasteiger charge is 2.25. The van der Waals surface area contributed by atoms with E-state index in [0.717, 1.165) is 13.8 Å². The van der Waals surface area contributed by atoms with Gasteiger partial charge < -0.3 is 29.0 Å². The summed E-state index contributed by atoms with van der Waals surface area (Å²) in [5.41, 5.74) is 0. The van der Waals surface area contributed by atoms with E-state index in [9.17, 15) is 13.9 Å². The fraction of sp³-hybridized carbons (Fsp3) is 0.800. The highest BCUT2D eigenvalue weighted by atomic mass is 31.2. The third-order valence-corrected chi connectivity index (χ3v) is 2.24. The van der Waals surface area contributed by atoms with Crippen molar-refractivity contribution in [2.24, 2.45) is 0 Å². The molecule has 18 heavy (non-hydrogen) atoms. The molecule has 0 fully saturated rings. The molecular weight excluding hydrogens is 298 g/mol. The average Bonchev–Trinajstić information content (AvgIpc) is 1.92. The van der Waals surface area contributed by atoms with Crippen LogP contribution in [0.1, 0.15) is 13.8 Å². The van der Waals surface area contributed by atoms with Crippen LogP contribution < -0.4 is 0 Å². The standard InChI is InChI=1S/C5H12O11P2/c1-3(15-17(7,8)9)13-5(6)14-4(2)16-18(10,11)12/h3-4H,1-2H3,(H2,7,8,9)(H2,10,11,12). The van der Waals surface area contributed by atoms with Crippen LogP contribution in [0.4, 0.5) is 4.79 Å². The number of rotatable bonds is 6. The van der Waals surface area contributed by atoms with E-state index in [-0.39, 0.29) is 0 Å². The number of hydrogen-bond acceptors (Lipinski definition) is 7. The van der Waals surface area contributed by atoms with Crippen LogP contribution in [0.25, 0.3) is 0 Å². The Morgan fingerprint density at radius 1 is 0.889 bits per heavy atom. The number of carbonyl (C=O) groups is 1. The average molecular weight is 310 g/mol. The van der Waals surface area contributed by atoms with Gasteiger partial charge in [-0.1, -0.05) is 0 Å². The zero-order chi connectivity index (χ0) is 14.6. The van der Waals surface area contributed by atoms with E-state index in [4.69, 9.17) is 19.6 Å². The van der Waals surface area contributed by atoms with Gasteiger partial charge in [-0.3, -0.25) is 0 Å². The van der Waals surface area contributed by atoms with E-state index in [1.165, 1.54) is 0 Å². The minimum atomic E-state index is -4.83. The predicted molar refractivity (Wildman–Crippen MR) is 52.7 cm³/mol. The van der Waals surface area contributed by atoms with Gasteiger partial charge in [0.1, 0.15) is 0 Å². The molecule has 0 radical (unpaired) electrons. The maximum Gasteiger partial charge on any atom is 0.512 e. The predicted octanol–water partition coefficient (Wildman–Crippen LogP) is 0.0502. The zero-order valence-corrected chi connectivity index (χ0v) is 11.0. The molecule has 11 nitrogen and oxygen atoms in total. The molecule has 0 bridgehead atoms. The Kier molecular flexibility index (Phi) is 6.41. The first-order chi connectivity index (χ1) is 7.89. The van der Waals surface area contributed by atoms with Crippen molar-refractivity contribution < 1.29 is 52.0 Å². The Morgan fingerprint density at radius 2 is 1.17 bits per heavy atom. The van der Waals surface area contributed by atoms with Crippen molar-refractivity contribution in [3.8, 4) is 0 Å². The summed E-state index contributed by atoms with van der Waals surface area (Å²) in [5, 5.41) is 0. The van der Waals surface area contributed by atoms with Crippen molar-refractivity contribution in [3.63, 3.8) is 0 Å². The third-order valence-electron chi connectivity index (χ3n) is 1.10. The Labute approximate surface area is 101 Å². The molecule has 0 spiro atoms. The molecule has 108 valence electrons. The monoisotopic (exact) mass is 310 g/mol. The van der Waals surface area contributed by atoms with Gasteiger partial charge in [-0.15, -0.1) is 0 Å². The Morgan fingerprint density at radius 3 is 1.39 bits per heavy atom. The molecule has 0 aliphatic carbocycles. The summed E-state index contributed by atoms with van der Waals surface area (Å²) in [5.74, 6) is 0. The van der Waals surface area contributed by atoms with Crippen molar-refractivity contribution in [2.45, 2.75) is 26.4 Å². The lowest BCUT2D eigenvalue weighted by Gasteiger charge is -2.17. The van der Waals surface area contributed by atoms with Gasteiger partial charge in [0, 0.05) is 0 Å². The first-order valence-corrected chi connectivity index (χ1v) is 7.30. The summed E-state index contributed by atoms with van der Waals surface area (Å²) in [4.78, 5) is 44.4. The molecule has 0 aromatic carbocycles. The fourth-order valence-electron chi connectivity index (χ4n) is 0.729. The molecule has 0 saturated heterocycles. The summed E-state index contributed by atoms with van der Waals surface area (Å²) < 4.78 is 37.0. The van der Waals surface area contributed by atoms with Crippen LogP contribution in [0.2, 0.25) is 0 Å². The Balaban J connectivity index is 4.12. The van der Waals surface area contributed by atoms with E-state index in [2.05, 4.69) is 18.5 Å². The molecule has 4 N–H and O–H groups in total. The number of ether oxygens (including phenoxy) is 2. The van der Waals surface area contributed by atoms with Crippen LogP contribution in [0.3, 0.4) is 0 Å². The molecule has 0 aromatic rings. The van der Waals surface area contributed by atoms with E-state index in [1.54, 1.807) is 0 Å².